The molecule has 2 aromatic carbocycles. The molecule has 1 saturated heterocycles. The maximum Gasteiger partial charge on any atom is 0.300 e. The number of anilines is 1. The third-order valence-corrected chi connectivity index (χ3v) is 5.84. The standard InChI is InChI=1S/C27H26N2O4/c1-5-33-22-9-8-20(15-18(22)4)25(30)23-24(19-10-12-28-13-11-19)29(27(32)26(23)31)21-14-16(2)6-7-17(21)3/h6-15,24,30H,5H2,1-4H3/b25-23-. The number of carbonyl (C=O) groups excluding carboxylic acids is 2. The molecule has 0 spiro atoms. The van der Waals surface area contributed by atoms with Gasteiger partial charge in [-0.2, -0.15) is 0 Å². The first kappa shape index (κ1) is 22.3. The zero-order valence-electron chi connectivity index (χ0n) is 19.1. The van der Waals surface area contributed by atoms with Gasteiger partial charge >= 0.3 is 0 Å². The highest BCUT2D eigenvalue weighted by molar-refractivity contribution is 6.51. The number of hydrogen-bond acceptors (Lipinski definition) is 5. The lowest BCUT2D eigenvalue weighted by Crippen LogP contribution is -2.30. The molecule has 2 heterocycles. The lowest BCUT2D eigenvalue weighted by atomic mass is 9.95. The Hall–Kier alpha value is -3.93. The van der Waals surface area contributed by atoms with Crippen LogP contribution in [0, 0.1) is 20.8 Å². The summed E-state index contributed by atoms with van der Waals surface area (Å²) in [6.07, 6.45) is 3.22. The van der Waals surface area contributed by atoms with Crippen molar-refractivity contribution in [3.63, 3.8) is 0 Å². The Morgan fingerprint density at radius 1 is 1.00 bits per heavy atom. The zero-order chi connectivity index (χ0) is 23.7. The van der Waals surface area contributed by atoms with E-state index in [0.29, 0.717) is 29.2 Å². The van der Waals surface area contributed by atoms with Crippen LogP contribution in [-0.2, 0) is 9.59 Å². The Labute approximate surface area is 193 Å². The molecule has 1 unspecified atom stereocenters. The summed E-state index contributed by atoms with van der Waals surface area (Å²) in [5.74, 6) is -0.902. The van der Waals surface area contributed by atoms with Crippen LogP contribution in [-0.4, -0.2) is 28.4 Å². The number of pyridine rings is 1. The van der Waals surface area contributed by atoms with Gasteiger partial charge in [0.25, 0.3) is 11.7 Å². The first-order chi connectivity index (χ1) is 15.8. The van der Waals surface area contributed by atoms with Crippen molar-refractivity contribution in [1.82, 2.24) is 4.98 Å². The zero-order valence-corrected chi connectivity index (χ0v) is 19.1. The van der Waals surface area contributed by atoms with Crippen LogP contribution >= 0.6 is 0 Å². The number of ether oxygens (including phenoxy) is 1. The van der Waals surface area contributed by atoms with Crippen LogP contribution < -0.4 is 9.64 Å². The van der Waals surface area contributed by atoms with Gasteiger partial charge in [0.1, 0.15) is 11.5 Å². The van der Waals surface area contributed by atoms with Gasteiger partial charge in [0, 0.05) is 23.6 Å². The molecule has 0 radical (unpaired) electrons. The van der Waals surface area contributed by atoms with Crippen molar-refractivity contribution >= 4 is 23.1 Å². The van der Waals surface area contributed by atoms with Crippen molar-refractivity contribution in [3.05, 3.63) is 94.3 Å². The molecule has 6 nitrogen and oxygen atoms in total. The summed E-state index contributed by atoms with van der Waals surface area (Å²) in [6.45, 7) is 8.12. The minimum Gasteiger partial charge on any atom is -0.507 e. The molecule has 4 rings (SSSR count). The topological polar surface area (TPSA) is 79.7 Å². The number of aryl methyl sites for hydroxylation is 3. The van der Waals surface area contributed by atoms with Crippen LogP contribution in [0.4, 0.5) is 5.69 Å². The van der Waals surface area contributed by atoms with E-state index in [2.05, 4.69) is 4.98 Å². The average molecular weight is 443 g/mol. The molecule has 33 heavy (non-hydrogen) atoms. The summed E-state index contributed by atoms with van der Waals surface area (Å²) in [7, 11) is 0. The molecule has 0 saturated carbocycles. The number of nitrogens with zero attached hydrogens (tertiary/aromatic N) is 2. The van der Waals surface area contributed by atoms with E-state index in [4.69, 9.17) is 4.74 Å². The summed E-state index contributed by atoms with van der Waals surface area (Å²) in [5, 5.41) is 11.3. The number of aliphatic hydroxyl groups is 1. The maximum atomic E-state index is 13.3. The minimum atomic E-state index is -0.777. The third kappa shape index (κ3) is 4.00. The first-order valence-corrected chi connectivity index (χ1v) is 10.9. The summed E-state index contributed by atoms with van der Waals surface area (Å²) < 4.78 is 5.59. The largest absolute Gasteiger partial charge is 0.507 e. The van der Waals surface area contributed by atoms with E-state index < -0.39 is 17.7 Å². The van der Waals surface area contributed by atoms with Crippen molar-refractivity contribution in [3.8, 4) is 5.75 Å². The Balaban J connectivity index is 1.93. The second kappa shape index (κ2) is 8.90. The Morgan fingerprint density at radius 3 is 2.39 bits per heavy atom. The Kier molecular flexibility index (Phi) is 6.01. The lowest BCUT2D eigenvalue weighted by molar-refractivity contribution is -0.132. The highest BCUT2D eigenvalue weighted by atomic mass is 16.5. The molecule has 1 aromatic heterocycles. The number of aromatic nitrogens is 1. The molecule has 1 amide bonds. The van der Waals surface area contributed by atoms with Gasteiger partial charge in [-0.3, -0.25) is 19.5 Å². The van der Waals surface area contributed by atoms with E-state index in [1.165, 1.54) is 4.90 Å². The number of carbonyl (C=O) groups is 2. The first-order valence-electron chi connectivity index (χ1n) is 10.9. The second-order valence-electron chi connectivity index (χ2n) is 8.15. The van der Waals surface area contributed by atoms with Gasteiger partial charge in [0.15, 0.2) is 0 Å². The molecule has 1 aliphatic rings. The van der Waals surface area contributed by atoms with Crippen molar-refractivity contribution in [2.75, 3.05) is 11.5 Å². The third-order valence-electron chi connectivity index (χ3n) is 5.84. The molecule has 1 atom stereocenters. The minimum absolute atomic E-state index is 0.0515. The highest BCUT2D eigenvalue weighted by Crippen LogP contribution is 2.43. The molecular formula is C27H26N2O4. The number of amides is 1. The van der Waals surface area contributed by atoms with Crippen LogP contribution in [0.5, 0.6) is 5.75 Å². The van der Waals surface area contributed by atoms with Gasteiger partial charge in [-0.25, -0.2) is 0 Å². The lowest BCUT2D eigenvalue weighted by Gasteiger charge is -2.27. The summed E-state index contributed by atoms with van der Waals surface area (Å²) >= 11 is 0. The molecule has 0 aliphatic carbocycles. The van der Waals surface area contributed by atoms with Gasteiger partial charge in [-0.05, 0) is 86.3 Å². The van der Waals surface area contributed by atoms with Crippen LogP contribution in [0.15, 0.2) is 66.5 Å². The van der Waals surface area contributed by atoms with E-state index >= 15 is 0 Å². The molecule has 1 N–H and O–H groups in total. The van der Waals surface area contributed by atoms with Crippen LogP contribution in [0.25, 0.3) is 5.76 Å². The Bertz CT molecular complexity index is 1260. The monoisotopic (exact) mass is 442 g/mol. The molecular weight excluding hydrogens is 416 g/mol. The van der Waals surface area contributed by atoms with Gasteiger partial charge in [-0.1, -0.05) is 12.1 Å². The van der Waals surface area contributed by atoms with Gasteiger partial charge in [-0.15, -0.1) is 0 Å². The fourth-order valence-corrected chi connectivity index (χ4v) is 4.19. The summed E-state index contributed by atoms with van der Waals surface area (Å²) in [4.78, 5) is 32.1. The smallest absolute Gasteiger partial charge is 0.300 e. The van der Waals surface area contributed by atoms with Crippen molar-refractivity contribution in [2.45, 2.75) is 33.7 Å². The molecule has 0 bridgehead atoms. The fourth-order valence-electron chi connectivity index (χ4n) is 4.19. The van der Waals surface area contributed by atoms with E-state index in [1.54, 1.807) is 42.7 Å². The molecule has 1 aliphatic heterocycles. The van der Waals surface area contributed by atoms with E-state index in [1.807, 2.05) is 45.9 Å². The average Bonchev–Trinajstić information content (AvgIpc) is 3.07. The SMILES string of the molecule is CCOc1ccc(/C(O)=C2/C(=O)C(=O)N(c3cc(C)ccc3C)C2c2ccncc2)cc1C. The Morgan fingerprint density at radius 2 is 1.73 bits per heavy atom. The predicted molar refractivity (Wildman–Crippen MR) is 127 cm³/mol. The van der Waals surface area contributed by atoms with Gasteiger partial charge in [0.05, 0.1) is 18.2 Å². The number of ketones is 1. The quantitative estimate of drug-likeness (QED) is 0.341. The number of hydrogen-bond donors (Lipinski definition) is 1. The number of Topliss-reactive ketones (excluding diaryl/α,β-unsaturated/α-hetero) is 1. The molecule has 3 aromatic rings. The van der Waals surface area contributed by atoms with Gasteiger partial charge in [0.2, 0.25) is 0 Å². The van der Waals surface area contributed by atoms with Crippen molar-refractivity contribution in [2.24, 2.45) is 0 Å². The predicted octanol–water partition coefficient (Wildman–Crippen LogP) is 5.03. The molecule has 6 heteroatoms. The van der Waals surface area contributed by atoms with E-state index in [-0.39, 0.29) is 11.3 Å². The normalized spacial score (nSPS) is 17.5. The van der Waals surface area contributed by atoms with Crippen LogP contribution in [0.2, 0.25) is 0 Å². The van der Waals surface area contributed by atoms with Gasteiger partial charge < -0.3 is 9.84 Å². The van der Waals surface area contributed by atoms with Crippen molar-refractivity contribution < 1.29 is 19.4 Å². The second-order valence-corrected chi connectivity index (χ2v) is 8.15. The highest BCUT2D eigenvalue weighted by Gasteiger charge is 2.47. The summed E-state index contributed by atoms with van der Waals surface area (Å²) in [5.41, 5.74) is 4.48. The maximum absolute atomic E-state index is 13.3. The van der Waals surface area contributed by atoms with E-state index in [9.17, 15) is 14.7 Å². The number of aliphatic hydroxyl groups excluding tert-OH is 1. The summed E-state index contributed by atoms with van der Waals surface area (Å²) in [6, 6.07) is 13.7. The van der Waals surface area contributed by atoms with Crippen molar-refractivity contribution in [1.29, 1.82) is 0 Å². The molecule has 1 fully saturated rings. The number of rotatable bonds is 5. The molecule has 168 valence electrons. The van der Waals surface area contributed by atoms with Crippen LogP contribution in [0.1, 0.15) is 40.8 Å². The fraction of sp³-hybridized carbons (Fsp3) is 0.222. The number of benzene rings is 2. The van der Waals surface area contributed by atoms with E-state index in [0.717, 1.165) is 16.7 Å². The van der Waals surface area contributed by atoms with Crippen LogP contribution in [0.3, 0.4) is 0 Å².